The van der Waals surface area contributed by atoms with Gasteiger partial charge in [0.25, 0.3) is 5.91 Å². The van der Waals surface area contributed by atoms with Crippen molar-refractivity contribution in [3.8, 4) is 0 Å². The highest BCUT2D eigenvalue weighted by Crippen LogP contribution is 2.06. The molecule has 0 spiro atoms. The van der Waals surface area contributed by atoms with E-state index in [2.05, 4.69) is 26.6 Å². The van der Waals surface area contributed by atoms with E-state index in [1.165, 1.54) is 0 Å². The molecule has 1 aromatic rings. The number of nitrogens with two attached hydrogens (primary N) is 1. The lowest BCUT2D eigenvalue weighted by Gasteiger charge is -2.24. The summed E-state index contributed by atoms with van der Waals surface area (Å²) in [5.74, 6) is -3.87. The first-order valence-corrected chi connectivity index (χ1v) is 14.0. The van der Waals surface area contributed by atoms with Gasteiger partial charge in [-0.2, -0.15) is 0 Å². The summed E-state index contributed by atoms with van der Waals surface area (Å²) in [5, 5.41) is 38.0. The SMILES string of the molecule is NNC(=O)C(CCC(=O)O)NC(=O)C(CCC(=O)O)NC(=O)C(CCC(=O)O)NC(=O)CNC(=O)CNC(=O)OCc1ccccc1. The van der Waals surface area contributed by atoms with Gasteiger partial charge in [-0.15, -0.1) is 0 Å². The molecule has 0 aliphatic rings. The number of hydrogen-bond donors (Lipinski definition) is 10. The second-order valence-electron chi connectivity index (χ2n) is 9.74. The summed E-state index contributed by atoms with van der Waals surface area (Å²) in [6, 6.07) is 4.01. The van der Waals surface area contributed by atoms with Gasteiger partial charge in [-0.05, 0) is 24.8 Å². The topological polar surface area (TPSA) is 322 Å². The van der Waals surface area contributed by atoms with Crippen LogP contribution in [0.15, 0.2) is 30.3 Å². The molecule has 1 aromatic carbocycles. The van der Waals surface area contributed by atoms with Crippen LogP contribution in [-0.4, -0.2) is 100 Å². The predicted molar refractivity (Wildman–Crippen MR) is 156 cm³/mol. The van der Waals surface area contributed by atoms with E-state index in [0.29, 0.717) is 5.56 Å². The van der Waals surface area contributed by atoms with Gasteiger partial charge in [-0.1, -0.05) is 30.3 Å². The first-order chi connectivity index (χ1) is 22.2. The number of rotatable bonds is 21. The summed E-state index contributed by atoms with van der Waals surface area (Å²) >= 11 is 0. The van der Waals surface area contributed by atoms with Gasteiger partial charge in [-0.25, -0.2) is 10.6 Å². The van der Waals surface area contributed by atoms with E-state index in [1.54, 1.807) is 35.8 Å². The van der Waals surface area contributed by atoms with Crippen LogP contribution in [0, 0.1) is 0 Å². The normalized spacial score (nSPS) is 12.2. The molecular weight excluding hydrogens is 630 g/mol. The van der Waals surface area contributed by atoms with E-state index in [9.17, 15) is 43.2 Å². The first-order valence-electron chi connectivity index (χ1n) is 14.0. The van der Waals surface area contributed by atoms with Crippen molar-refractivity contribution in [2.75, 3.05) is 13.1 Å². The number of ether oxygens (including phenoxy) is 1. The van der Waals surface area contributed by atoms with E-state index in [-0.39, 0.29) is 6.61 Å². The van der Waals surface area contributed by atoms with Crippen LogP contribution in [0.3, 0.4) is 0 Å². The molecule has 6 amide bonds. The second kappa shape index (κ2) is 21.0. The zero-order valence-electron chi connectivity index (χ0n) is 25.0. The van der Waals surface area contributed by atoms with E-state index >= 15 is 0 Å². The smallest absolute Gasteiger partial charge is 0.407 e. The van der Waals surface area contributed by atoms with Crippen molar-refractivity contribution in [1.29, 1.82) is 0 Å². The van der Waals surface area contributed by atoms with Crippen LogP contribution in [0.2, 0.25) is 0 Å². The lowest BCUT2D eigenvalue weighted by atomic mass is 10.1. The summed E-state index contributed by atoms with van der Waals surface area (Å²) in [4.78, 5) is 108. The van der Waals surface area contributed by atoms with Crippen LogP contribution in [0.25, 0.3) is 0 Å². The Labute approximate surface area is 267 Å². The van der Waals surface area contributed by atoms with Gasteiger partial charge in [0.1, 0.15) is 31.3 Å². The highest BCUT2D eigenvalue weighted by molar-refractivity contribution is 5.95. The molecule has 0 fully saturated rings. The Morgan fingerprint density at radius 1 is 0.617 bits per heavy atom. The van der Waals surface area contributed by atoms with Gasteiger partial charge in [0, 0.05) is 19.3 Å². The van der Waals surface area contributed by atoms with E-state index in [0.717, 1.165) is 0 Å². The van der Waals surface area contributed by atoms with Gasteiger partial charge in [0.2, 0.25) is 23.6 Å². The van der Waals surface area contributed by atoms with E-state index in [4.69, 9.17) is 25.9 Å². The molecule has 20 heteroatoms. The number of alkyl carbamates (subject to hydrolysis) is 1. The fourth-order valence-corrected chi connectivity index (χ4v) is 3.67. The molecule has 3 unspecified atom stereocenters. The minimum Gasteiger partial charge on any atom is -0.481 e. The van der Waals surface area contributed by atoms with Crippen molar-refractivity contribution in [1.82, 2.24) is 32.0 Å². The molecule has 20 nitrogen and oxygen atoms in total. The molecule has 0 saturated carbocycles. The number of carbonyl (C=O) groups is 9. The number of nitrogens with one attached hydrogen (secondary N) is 6. The summed E-state index contributed by atoms with van der Waals surface area (Å²) in [6.45, 7) is -1.33. The standard InChI is InChI=1S/C27H37N7O13/c28-34-26(45)18(8-11-23(41)42)33-25(44)17(7-10-22(39)40)32-24(43)16(6-9-21(37)38)31-20(36)13-29-19(35)12-30-27(46)47-14-15-4-2-1-3-5-15/h1-5,16-18H,6-14,28H2,(H,29,35)(H,30,46)(H,31,36)(H,32,43)(H,33,44)(H,34,45)(H,37,38)(H,39,40)(H,41,42). The average Bonchev–Trinajstić information content (AvgIpc) is 3.03. The van der Waals surface area contributed by atoms with Crippen molar-refractivity contribution in [2.24, 2.45) is 5.84 Å². The van der Waals surface area contributed by atoms with Crippen molar-refractivity contribution >= 4 is 53.5 Å². The van der Waals surface area contributed by atoms with Gasteiger partial charge in [0.05, 0.1) is 6.54 Å². The maximum Gasteiger partial charge on any atom is 0.407 e. The monoisotopic (exact) mass is 667 g/mol. The van der Waals surface area contributed by atoms with Gasteiger partial charge in [-0.3, -0.25) is 43.8 Å². The van der Waals surface area contributed by atoms with Crippen molar-refractivity contribution in [3.05, 3.63) is 35.9 Å². The third kappa shape index (κ3) is 17.3. The maximum absolute atomic E-state index is 13.0. The Kier molecular flexibility index (Phi) is 17.6. The molecule has 0 heterocycles. The molecule has 0 saturated heterocycles. The number of carboxylic acids is 3. The summed E-state index contributed by atoms with van der Waals surface area (Å²) in [6.07, 6.45) is -4.14. The largest absolute Gasteiger partial charge is 0.481 e. The van der Waals surface area contributed by atoms with Crippen molar-refractivity contribution < 1.29 is 63.2 Å². The second-order valence-corrected chi connectivity index (χ2v) is 9.74. The molecule has 258 valence electrons. The molecular formula is C27H37N7O13. The quantitative estimate of drug-likeness (QED) is 0.0356. The van der Waals surface area contributed by atoms with E-state index in [1.807, 2.05) is 0 Å². The van der Waals surface area contributed by atoms with Crippen LogP contribution >= 0.6 is 0 Å². The number of benzene rings is 1. The Bertz CT molecular complexity index is 1290. The predicted octanol–water partition coefficient (Wildman–Crippen LogP) is -2.93. The Hall–Kier alpha value is -5.79. The summed E-state index contributed by atoms with van der Waals surface area (Å²) < 4.78 is 4.96. The number of aliphatic carboxylic acids is 3. The molecule has 0 bridgehead atoms. The fourth-order valence-electron chi connectivity index (χ4n) is 3.67. The van der Waals surface area contributed by atoms with Gasteiger partial charge in [0.15, 0.2) is 0 Å². The number of carboxylic acid groups (broad SMARTS) is 3. The lowest BCUT2D eigenvalue weighted by molar-refractivity contribution is -0.140. The van der Waals surface area contributed by atoms with Gasteiger partial charge < -0.3 is 46.6 Å². The third-order valence-corrected chi connectivity index (χ3v) is 6.05. The highest BCUT2D eigenvalue weighted by atomic mass is 16.5. The van der Waals surface area contributed by atoms with E-state index < -0.39 is 123 Å². The molecule has 0 aromatic heterocycles. The van der Waals surface area contributed by atoms with Crippen LogP contribution in [-0.2, 0) is 49.7 Å². The fraction of sp³-hybridized carbons (Fsp3) is 0.444. The lowest BCUT2D eigenvalue weighted by Crippen LogP contribution is -2.57. The Morgan fingerprint density at radius 2 is 1.06 bits per heavy atom. The van der Waals surface area contributed by atoms with Crippen molar-refractivity contribution in [3.63, 3.8) is 0 Å². The zero-order chi connectivity index (χ0) is 35.4. The number of amides is 6. The molecule has 3 atom stereocenters. The molecule has 1 rings (SSSR count). The van der Waals surface area contributed by atoms with Crippen LogP contribution in [0.1, 0.15) is 44.1 Å². The number of carbonyl (C=O) groups excluding carboxylic acids is 6. The zero-order valence-corrected chi connectivity index (χ0v) is 25.0. The van der Waals surface area contributed by atoms with Crippen LogP contribution < -0.4 is 37.9 Å². The number of hydrazine groups is 1. The summed E-state index contributed by atoms with van der Waals surface area (Å²) in [5.41, 5.74) is 2.45. The van der Waals surface area contributed by atoms with Crippen LogP contribution in [0.5, 0.6) is 0 Å². The Morgan fingerprint density at radius 3 is 1.53 bits per heavy atom. The third-order valence-electron chi connectivity index (χ3n) is 6.05. The minimum atomic E-state index is -1.63. The Balaban J connectivity index is 2.82. The minimum absolute atomic E-state index is 0.0519. The molecule has 0 radical (unpaired) electrons. The molecule has 0 aliphatic heterocycles. The first kappa shape index (κ1) is 39.2. The van der Waals surface area contributed by atoms with Crippen LogP contribution in [0.4, 0.5) is 4.79 Å². The number of hydrogen-bond acceptors (Lipinski definition) is 11. The van der Waals surface area contributed by atoms with Crippen molar-refractivity contribution in [2.45, 2.75) is 63.3 Å². The molecule has 11 N–H and O–H groups in total. The average molecular weight is 668 g/mol. The maximum atomic E-state index is 13.0. The highest BCUT2D eigenvalue weighted by Gasteiger charge is 2.30. The summed E-state index contributed by atoms with van der Waals surface area (Å²) in [7, 11) is 0. The molecule has 47 heavy (non-hydrogen) atoms. The molecule has 0 aliphatic carbocycles. The van der Waals surface area contributed by atoms with Gasteiger partial charge >= 0.3 is 24.0 Å².